The zero-order chi connectivity index (χ0) is 8.69. The van der Waals surface area contributed by atoms with Gasteiger partial charge in [0.05, 0.1) is 0 Å². The van der Waals surface area contributed by atoms with E-state index in [0.717, 1.165) is 18.8 Å². The Bertz CT molecular complexity index is 118. The molecule has 0 saturated heterocycles. The van der Waals surface area contributed by atoms with Crippen molar-refractivity contribution in [2.45, 2.75) is 46.0 Å². The van der Waals surface area contributed by atoms with Crippen LogP contribution in [0.15, 0.2) is 0 Å². The molecule has 0 radical (unpaired) electrons. The zero-order valence-corrected chi connectivity index (χ0v) is 10.5. The summed E-state index contributed by atoms with van der Waals surface area (Å²) in [5, 5.41) is 8.32. The maximum Gasteiger partial charge on any atom is 1.00 e. The third kappa shape index (κ3) is 13.1. The molecule has 0 aliphatic heterocycles. The summed E-state index contributed by atoms with van der Waals surface area (Å²) in [4.78, 5) is 10.1. The summed E-state index contributed by atoms with van der Waals surface area (Å²) >= 11 is 0. The van der Waals surface area contributed by atoms with E-state index < -0.39 is 5.97 Å². The number of carboxylic acids is 1. The molecule has 0 aromatic heterocycles. The van der Waals surface area contributed by atoms with Crippen molar-refractivity contribution >= 4 is 5.97 Å². The molecule has 0 rings (SSSR count). The SMILES string of the molecule is CC(C)CCCCCC(=O)O.[H-].[Na+]. The van der Waals surface area contributed by atoms with Crippen LogP contribution in [0.1, 0.15) is 47.4 Å². The number of carboxylic acid groups (broad SMARTS) is 1. The molecule has 0 fully saturated rings. The van der Waals surface area contributed by atoms with Crippen molar-refractivity contribution in [3.05, 3.63) is 0 Å². The molecule has 68 valence electrons. The molecule has 0 bridgehead atoms. The second-order valence-corrected chi connectivity index (χ2v) is 3.39. The summed E-state index contributed by atoms with van der Waals surface area (Å²) in [6.07, 6.45) is 4.62. The van der Waals surface area contributed by atoms with Crippen LogP contribution in [0.4, 0.5) is 0 Å². The molecule has 0 atom stereocenters. The van der Waals surface area contributed by atoms with E-state index in [1.807, 2.05) is 0 Å². The smallest absolute Gasteiger partial charge is 1.00 e. The molecule has 0 heterocycles. The van der Waals surface area contributed by atoms with Gasteiger partial charge in [-0.1, -0.05) is 33.1 Å². The van der Waals surface area contributed by atoms with E-state index in [1.54, 1.807) is 0 Å². The van der Waals surface area contributed by atoms with E-state index in [4.69, 9.17) is 5.11 Å². The van der Waals surface area contributed by atoms with Gasteiger partial charge in [-0.05, 0) is 12.3 Å². The van der Waals surface area contributed by atoms with E-state index in [-0.39, 0.29) is 31.0 Å². The minimum Gasteiger partial charge on any atom is -1.00 e. The third-order valence-corrected chi connectivity index (χ3v) is 1.67. The van der Waals surface area contributed by atoms with E-state index in [9.17, 15) is 4.79 Å². The summed E-state index contributed by atoms with van der Waals surface area (Å²) in [6.45, 7) is 4.38. The molecule has 0 aliphatic carbocycles. The van der Waals surface area contributed by atoms with Crippen LogP contribution in [0, 0.1) is 5.92 Å². The van der Waals surface area contributed by atoms with Crippen molar-refractivity contribution in [1.82, 2.24) is 0 Å². The average Bonchev–Trinajstić information content (AvgIpc) is 1.85. The fraction of sp³-hybridized carbons (Fsp3) is 0.889. The third-order valence-electron chi connectivity index (χ3n) is 1.67. The Labute approximate surface area is 98.5 Å². The first-order valence-corrected chi connectivity index (χ1v) is 4.34. The van der Waals surface area contributed by atoms with Gasteiger partial charge in [-0.2, -0.15) is 0 Å². The number of unbranched alkanes of at least 4 members (excludes halogenated alkanes) is 2. The first-order chi connectivity index (χ1) is 5.13. The van der Waals surface area contributed by atoms with Crippen molar-refractivity contribution in [2.24, 2.45) is 5.92 Å². The summed E-state index contributed by atoms with van der Waals surface area (Å²) in [7, 11) is 0. The molecule has 0 amide bonds. The number of hydrogen-bond donors (Lipinski definition) is 1. The topological polar surface area (TPSA) is 37.3 Å². The maximum absolute atomic E-state index is 10.1. The standard InChI is InChI=1S/C9H18O2.Na.H/c1-8(2)6-4-3-5-7-9(10)11;;/h8H,3-7H2,1-2H3,(H,10,11);;/q;+1;-1. The van der Waals surface area contributed by atoms with E-state index >= 15 is 0 Å². The second kappa shape index (κ2) is 9.56. The number of carbonyl (C=O) groups is 1. The van der Waals surface area contributed by atoms with Gasteiger partial charge in [-0.15, -0.1) is 0 Å². The number of hydrogen-bond acceptors (Lipinski definition) is 1. The first-order valence-electron chi connectivity index (χ1n) is 4.34. The number of aliphatic carboxylic acids is 1. The summed E-state index contributed by atoms with van der Waals surface area (Å²) in [6, 6.07) is 0. The quantitative estimate of drug-likeness (QED) is 0.456. The molecule has 1 N–H and O–H groups in total. The van der Waals surface area contributed by atoms with Crippen molar-refractivity contribution in [1.29, 1.82) is 0 Å². The molecule has 0 unspecified atom stereocenters. The van der Waals surface area contributed by atoms with Crippen LogP contribution in [0.5, 0.6) is 0 Å². The summed E-state index contributed by atoms with van der Waals surface area (Å²) in [5.41, 5.74) is 0. The van der Waals surface area contributed by atoms with Crippen LogP contribution >= 0.6 is 0 Å². The predicted molar refractivity (Wildman–Crippen MR) is 46.7 cm³/mol. The van der Waals surface area contributed by atoms with Crippen LogP contribution in [0.3, 0.4) is 0 Å². The molecule has 0 aliphatic rings. The van der Waals surface area contributed by atoms with Gasteiger partial charge >= 0.3 is 35.5 Å². The fourth-order valence-corrected chi connectivity index (χ4v) is 1.01. The van der Waals surface area contributed by atoms with E-state index in [1.165, 1.54) is 12.8 Å². The van der Waals surface area contributed by atoms with E-state index in [2.05, 4.69) is 13.8 Å². The van der Waals surface area contributed by atoms with Gasteiger partial charge in [-0.3, -0.25) is 4.79 Å². The van der Waals surface area contributed by atoms with Gasteiger partial charge in [0.1, 0.15) is 0 Å². The number of rotatable bonds is 6. The van der Waals surface area contributed by atoms with Crippen LogP contribution in [0.2, 0.25) is 0 Å². The van der Waals surface area contributed by atoms with Gasteiger partial charge in [0.25, 0.3) is 0 Å². The molecule has 0 aromatic carbocycles. The Morgan fingerprint density at radius 2 is 1.92 bits per heavy atom. The average molecular weight is 182 g/mol. The predicted octanol–water partition coefficient (Wildman–Crippen LogP) is -0.206. The van der Waals surface area contributed by atoms with Crippen molar-refractivity contribution < 1.29 is 40.9 Å². The fourth-order valence-electron chi connectivity index (χ4n) is 1.01. The molecule has 2 nitrogen and oxygen atoms in total. The zero-order valence-electron chi connectivity index (χ0n) is 9.47. The van der Waals surface area contributed by atoms with E-state index in [0.29, 0.717) is 6.42 Å². The maximum atomic E-state index is 10.1. The molecule has 12 heavy (non-hydrogen) atoms. The van der Waals surface area contributed by atoms with Gasteiger partial charge < -0.3 is 6.53 Å². The minimum absolute atomic E-state index is 0. The van der Waals surface area contributed by atoms with Crippen LogP contribution < -0.4 is 29.6 Å². The van der Waals surface area contributed by atoms with Crippen molar-refractivity contribution in [3.63, 3.8) is 0 Å². The Morgan fingerprint density at radius 1 is 1.33 bits per heavy atom. The van der Waals surface area contributed by atoms with Crippen LogP contribution in [0.25, 0.3) is 0 Å². The normalized spacial score (nSPS) is 9.58. The van der Waals surface area contributed by atoms with Crippen LogP contribution in [-0.4, -0.2) is 11.1 Å². The molecular weight excluding hydrogens is 163 g/mol. The molecule has 0 saturated carbocycles. The Kier molecular flexibility index (Phi) is 11.9. The molecule has 3 heteroatoms. The Hall–Kier alpha value is 0.470. The van der Waals surface area contributed by atoms with Gasteiger partial charge in [-0.25, -0.2) is 0 Å². The Balaban J connectivity index is -0.000000500. The summed E-state index contributed by atoms with van der Waals surface area (Å²) in [5.74, 6) is 0.0781. The monoisotopic (exact) mass is 182 g/mol. The van der Waals surface area contributed by atoms with Crippen LogP contribution in [-0.2, 0) is 4.79 Å². The summed E-state index contributed by atoms with van der Waals surface area (Å²) < 4.78 is 0. The molecule has 0 spiro atoms. The first kappa shape index (κ1) is 15.0. The second-order valence-electron chi connectivity index (χ2n) is 3.39. The van der Waals surface area contributed by atoms with Gasteiger partial charge in [0.2, 0.25) is 0 Å². The van der Waals surface area contributed by atoms with Gasteiger partial charge in [0, 0.05) is 6.42 Å². The minimum atomic E-state index is -0.672. The Morgan fingerprint density at radius 3 is 2.33 bits per heavy atom. The largest absolute Gasteiger partial charge is 1.00 e. The molecular formula is C9H19NaO2. The van der Waals surface area contributed by atoms with Crippen molar-refractivity contribution in [2.75, 3.05) is 0 Å². The van der Waals surface area contributed by atoms with Crippen molar-refractivity contribution in [3.8, 4) is 0 Å². The molecule has 0 aromatic rings. The van der Waals surface area contributed by atoms with Gasteiger partial charge in [0.15, 0.2) is 0 Å².